The predicted molar refractivity (Wildman–Crippen MR) is 128 cm³/mol. The molecule has 0 aliphatic carbocycles. The number of anilines is 1. The van der Waals surface area contributed by atoms with Gasteiger partial charge in [0.15, 0.2) is 5.82 Å². The van der Waals surface area contributed by atoms with Gasteiger partial charge in [-0.1, -0.05) is 50.7 Å². The van der Waals surface area contributed by atoms with Crippen LogP contribution in [0.25, 0.3) is 0 Å². The van der Waals surface area contributed by atoms with E-state index in [1.54, 1.807) is 24.3 Å². The number of carbonyl (C=O) groups is 2. The molecule has 0 saturated heterocycles. The fourth-order valence-corrected chi connectivity index (χ4v) is 3.45. The molecule has 1 amide bonds. The van der Waals surface area contributed by atoms with Gasteiger partial charge in [0.05, 0.1) is 17.9 Å². The number of ether oxygens (including phenoxy) is 2. The number of rotatable bonds is 11. The molecular weight excluding hydrogens is 440 g/mol. The van der Waals surface area contributed by atoms with Gasteiger partial charge >= 0.3 is 5.97 Å². The van der Waals surface area contributed by atoms with E-state index in [1.807, 2.05) is 31.2 Å². The second-order valence-electron chi connectivity index (χ2n) is 7.63. The van der Waals surface area contributed by atoms with Gasteiger partial charge in [-0.3, -0.25) is 9.89 Å². The van der Waals surface area contributed by atoms with Gasteiger partial charge in [0, 0.05) is 5.69 Å². The summed E-state index contributed by atoms with van der Waals surface area (Å²) in [5.74, 6) is 1.28. The van der Waals surface area contributed by atoms with Crippen molar-refractivity contribution < 1.29 is 19.1 Å². The highest BCUT2D eigenvalue weighted by atomic mass is 32.2. The zero-order valence-electron chi connectivity index (χ0n) is 19.0. The molecule has 0 aliphatic rings. The summed E-state index contributed by atoms with van der Waals surface area (Å²) in [5, 5.41) is 10.2. The molecule has 3 aromatic rings. The Kier molecular flexibility index (Phi) is 8.88. The molecular formula is C24H28N4O4S. The number of aromatic nitrogens is 3. The summed E-state index contributed by atoms with van der Waals surface area (Å²) in [6.07, 6.45) is 0.750. The first-order valence-corrected chi connectivity index (χ1v) is 11.8. The Labute approximate surface area is 197 Å². The Morgan fingerprint density at radius 1 is 1.15 bits per heavy atom. The summed E-state index contributed by atoms with van der Waals surface area (Å²) in [6.45, 7) is 6.83. The van der Waals surface area contributed by atoms with Gasteiger partial charge in [-0.15, -0.1) is 5.10 Å². The van der Waals surface area contributed by atoms with Gasteiger partial charge in [0.1, 0.15) is 12.4 Å². The molecule has 2 aromatic carbocycles. The number of hydrogen-bond donors (Lipinski definition) is 2. The number of carbonyl (C=O) groups excluding carboxylic acids is 2. The molecule has 9 heteroatoms. The topological polar surface area (TPSA) is 106 Å². The highest BCUT2D eigenvalue weighted by Gasteiger charge is 2.11. The Balaban J connectivity index is 1.45. The van der Waals surface area contributed by atoms with Crippen LogP contribution in [0.5, 0.6) is 5.75 Å². The minimum atomic E-state index is -0.409. The largest absolute Gasteiger partial charge is 0.486 e. The quantitative estimate of drug-likeness (QED) is 0.307. The van der Waals surface area contributed by atoms with E-state index in [-0.39, 0.29) is 18.3 Å². The van der Waals surface area contributed by atoms with E-state index in [1.165, 1.54) is 17.3 Å². The molecule has 1 heterocycles. The summed E-state index contributed by atoms with van der Waals surface area (Å²) in [4.78, 5) is 28.6. The lowest BCUT2D eigenvalue weighted by Gasteiger charge is -2.07. The Morgan fingerprint density at radius 3 is 2.67 bits per heavy atom. The van der Waals surface area contributed by atoms with Crippen molar-refractivity contribution in [2.75, 3.05) is 17.7 Å². The maximum atomic E-state index is 12.3. The molecule has 3 rings (SSSR count). The third kappa shape index (κ3) is 7.64. The monoisotopic (exact) mass is 468 g/mol. The number of esters is 1. The molecule has 0 atom stereocenters. The van der Waals surface area contributed by atoms with E-state index >= 15 is 0 Å². The molecule has 0 spiro atoms. The minimum absolute atomic E-state index is 0.124. The third-order valence-electron chi connectivity index (χ3n) is 4.59. The van der Waals surface area contributed by atoms with Gasteiger partial charge in [0.2, 0.25) is 11.1 Å². The average molecular weight is 469 g/mol. The third-order valence-corrected chi connectivity index (χ3v) is 5.43. The Hall–Kier alpha value is -3.33. The SMILES string of the molecule is CCCOC(=O)c1cccc(NC(=O)CSc2n[nH]c(COc3ccc(C(C)C)cc3)n2)c1. The van der Waals surface area contributed by atoms with Crippen LogP contribution >= 0.6 is 11.8 Å². The first kappa shape index (κ1) is 24.3. The first-order valence-electron chi connectivity index (χ1n) is 10.8. The number of thioether (sulfide) groups is 1. The normalized spacial score (nSPS) is 10.8. The number of nitrogens with one attached hydrogen (secondary N) is 2. The summed E-state index contributed by atoms with van der Waals surface area (Å²) in [7, 11) is 0. The molecule has 0 fully saturated rings. The molecule has 2 N–H and O–H groups in total. The number of hydrogen-bond acceptors (Lipinski definition) is 7. The first-order chi connectivity index (χ1) is 15.9. The van der Waals surface area contributed by atoms with E-state index in [0.717, 1.165) is 12.2 Å². The van der Waals surface area contributed by atoms with Crippen LogP contribution in [-0.4, -0.2) is 39.4 Å². The second kappa shape index (κ2) is 12.1. The lowest BCUT2D eigenvalue weighted by Crippen LogP contribution is -2.15. The van der Waals surface area contributed by atoms with E-state index in [4.69, 9.17) is 9.47 Å². The number of nitrogens with zero attached hydrogens (tertiary/aromatic N) is 2. The standard InChI is InChI=1S/C24H28N4O4S/c1-4-12-31-23(30)18-6-5-7-19(13-18)25-22(29)15-33-24-26-21(27-28-24)14-32-20-10-8-17(9-11-20)16(2)3/h5-11,13,16H,4,12,14-15H2,1-3H3,(H,25,29)(H,26,27,28). The summed E-state index contributed by atoms with van der Waals surface area (Å²) in [6, 6.07) is 14.6. The molecule has 33 heavy (non-hydrogen) atoms. The fraction of sp³-hybridized carbons (Fsp3) is 0.333. The van der Waals surface area contributed by atoms with Crippen LogP contribution in [0.3, 0.4) is 0 Å². The van der Waals surface area contributed by atoms with Gasteiger partial charge in [0.25, 0.3) is 0 Å². The van der Waals surface area contributed by atoms with Crippen LogP contribution in [0.1, 0.15) is 54.9 Å². The lowest BCUT2D eigenvalue weighted by atomic mass is 10.0. The minimum Gasteiger partial charge on any atom is -0.486 e. The number of H-pyrrole nitrogens is 1. The van der Waals surface area contributed by atoms with Crippen molar-refractivity contribution in [2.45, 2.75) is 44.9 Å². The molecule has 8 nitrogen and oxygen atoms in total. The van der Waals surface area contributed by atoms with E-state index in [2.05, 4.69) is 34.3 Å². The molecule has 0 bridgehead atoms. The average Bonchev–Trinajstić information content (AvgIpc) is 3.28. The van der Waals surface area contributed by atoms with Gasteiger partial charge < -0.3 is 14.8 Å². The summed E-state index contributed by atoms with van der Waals surface area (Å²) >= 11 is 1.20. The molecule has 0 radical (unpaired) electrons. The maximum Gasteiger partial charge on any atom is 0.338 e. The number of amides is 1. The van der Waals surface area contributed by atoms with Crippen LogP contribution in [0.4, 0.5) is 5.69 Å². The Bertz CT molecular complexity index is 1070. The van der Waals surface area contributed by atoms with Crippen molar-refractivity contribution >= 4 is 29.3 Å². The van der Waals surface area contributed by atoms with Crippen molar-refractivity contribution in [1.29, 1.82) is 0 Å². The molecule has 0 saturated carbocycles. The van der Waals surface area contributed by atoms with Crippen molar-refractivity contribution in [3.63, 3.8) is 0 Å². The van der Waals surface area contributed by atoms with Gasteiger partial charge in [-0.2, -0.15) is 0 Å². The molecule has 0 unspecified atom stereocenters. The smallest absolute Gasteiger partial charge is 0.338 e. The van der Waals surface area contributed by atoms with Gasteiger partial charge in [-0.05, 0) is 48.2 Å². The zero-order chi connectivity index (χ0) is 23.6. The molecule has 0 aliphatic heterocycles. The highest BCUT2D eigenvalue weighted by Crippen LogP contribution is 2.20. The maximum absolute atomic E-state index is 12.3. The molecule has 1 aromatic heterocycles. The summed E-state index contributed by atoms with van der Waals surface area (Å²) < 4.78 is 10.9. The van der Waals surface area contributed by atoms with E-state index < -0.39 is 5.97 Å². The van der Waals surface area contributed by atoms with Crippen molar-refractivity contribution in [3.05, 3.63) is 65.5 Å². The zero-order valence-corrected chi connectivity index (χ0v) is 19.8. The number of benzene rings is 2. The number of aromatic amines is 1. The van der Waals surface area contributed by atoms with Crippen LogP contribution in [0.2, 0.25) is 0 Å². The fourth-order valence-electron chi connectivity index (χ4n) is 2.84. The van der Waals surface area contributed by atoms with Crippen molar-refractivity contribution in [3.8, 4) is 5.75 Å². The van der Waals surface area contributed by atoms with Crippen molar-refractivity contribution in [1.82, 2.24) is 15.2 Å². The van der Waals surface area contributed by atoms with E-state index in [9.17, 15) is 9.59 Å². The van der Waals surface area contributed by atoms with Crippen LogP contribution in [0, 0.1) is 0 Å². The van der Waals surface area contributed by atoms with Crippen LogP contribution < -0.4 is 10.1 Å². The Morgan fingerprint density at radius 2 is 1.94 bits per heavy atom. The van der Waals surface area contributed by atoms with Gasteiger partial charge in [-0.25, -0.2) is 9.78 Å². The second-order valence-corrected chi connectivity index (χ2v) is 8.57. The lowest BCUT2D eigenvalue weighted by molar-refractivity contribution is -0.113. The molecule has 174 valence electrons. The van der Waals surface area contributed by atoms with E-state index in [0.29, 0.717) is 34.8 Å². The summed E-state index contributed by atoms with van der Waals surface area (Å²) in [5.41, 5.74) is 2.17. The van der Waals surface area contributed by atoms with Crippen LogP contribution in [-0.2, 0) is 16.1 Å². The highest BCUT2D eigenvalue weighted by molar-refractivity contribution is 7.99. The van der Waals surface area contributed by atoms with Crippen LogP contribution in [0.15, 0.2) is 53.7 Å². The predicted octanol–water partition coefficient (Wildman–Crippen LogP) is 4.80. The van der Waals surface area contributed by atoms with Crippen molar-refractivity contribution in [2.24, 2.45) is 0 Å².